The van der Waals surface area contributed by atoms with Crippen LogP contribution in [-0.4, -0.2) is 5.38 Å². The predicted molar refractivity (Wildman–Crippen MR) is 44.3 cm³/mol. The minimum absolute atomic E-state index is 0.0386. The molecule has 0 amide bonds. The van der Waals surface area contributed by atoms with E-state index < -0.39 is 0 Å². The maximum atomic E-state index is 6.01. The van der Waals surface area contributed by atoms with E-state index in [4.69, 9.17) is 23.2 Å². The smallest absolute Gasteiger partial charge is 0.0752 e. The molecule has 0 spiro atoms. The number of fused-ring (bicyclic) bond motifs is 2. The molecular formula is C8H8Cl2. The SMILES string of the molecule is ClC1=CC2C=CC(C2)C1Cl. The Labute approximate surface area is 70.5 Å². The zero-order valence-corrected chi connectivity index (χ0v) is 6.94. The Morgan fingerprint density at radius 3 is 3.00 bits per heavy atom. The third-order valence-electron chi connectivity index (χ3n) is 2.16. The Kier molecular flexibility index (Phi) is 1.54. The van der Waals surface area contributed by atoms with Gasteiger partial charge in [0.15, 0.2) is 0 Å². The van der Waals surface area contributed by atoms with Crippen LogP contribution < -0.4 is 0 Å². The van der Waals surface area contributed by atoms with Gasteiger partial charge in [0.25, 0.3) is 0 Å². The first-order valence-corrected chi connectivity index (χ1v) is 4.28. The molecule has 2 rings (SSSR count). The fraction of sp³-hybridized carbons (Fsp3) is 0.500. The van der Waals surface area contributed by atoms with Crippen molar-refractivity contribution < 1.29 is 0 Å². The highest BCUT2D eigenvalue weighted by molar-refractivity contribution is 6.37. The van der Waals surface area contributed by atoms with Gasteiger partial charge in [-0.15, -0.1) is 11.6 Å². The number of halogens is 2. The van der Waals surface area contributed by atoms with E-state index in [9.17, 15) is 0 Å². The fourth-order valence-corrected chi connectivity index (χ4v) is 2.18. The lowest BCUT2D eigenvalue weighted by Gasteiger charge is -2.21. The van der Waals surface area contributed by atoms with Gasteiger partial charge in [-0.05, 0) is 18.3 Å². The minimum Gasteiger partial charge on any atom is -0.116 e. The van der Waals surface area contributed by atoms with Crippen LogP contribution >= 0.6 is 23.2 Å². The van der Waals surface area contributed by atoms with Crippen LogP contribution in [0.1, 0.15) is 6.42 Å². The second-order valence-electron chi connectivity index (χ2n) is 2.90. The molecule has 0 aromatic carbocycles. The molecule has 0 fully saturated rings. The van der Waals surface area contributed by atoms with Crippen LogP contribution in [0, 0.1) is 11.8 Å². The highest BCUT2D eigenvalue weighted by Gasteiger charge is 2.30. The first kappa shape index (κ1) is 6.75. The lowest BCUT2D eigenvalue weighted by molar-refractivity contribution is 0.561. The molecule has 0 heterocycles. The van der Waals surface area contributed by atoms with E-state index in [2.05, 4.69) is 18.2 Å². The molecule has 0 saturated heterocycles. The van der Waals surface area contributed by atoms with Gasteiger partial charge < -0.3 is 0 Å². The summed E-state index contributed by atoms with van der Waals surface area (Å²) >= 11 is 11.9. The molecule has 0 aliphatic heterocycles. The Balaban J connectivity index is 2.32. The monoisotopic (exact) mass is 174 g/mol. The van der Waals surface area contributed by atoms with Crippen molar-refractivity contribution >= 4 is 23.2 Å². The normalized spacial score (nSPS) is 43.8. The van der Waals surface area contributed by atoms with Gasteiger partial charge in [0.2, 0.25) is 0 Å². The summed E-state index contributed by atoms with van der Waals surface area (Å²) in [7, 11) is 0. The Hall–Kier alpha value is 0.0600. The first-order chi connectivity index (χ1) is 4.77. The van der Waals surface area contributed by atoms with E-state index in [-0.39, 0.29) is 5.38 Å². The maximum absolute atomic E-state index is 6.01. The average Bonchev–Trinajstić information content (AvgIpc) is 2.29. The second kappa shape index (κ2) is 2.28. The largest absolute Gasteiger partial charge is 0.116 e. The van der Waals surface area contributed by atoms with Crippen molar-refractivity contribution in [1.82, 2.24) is 0 Å². The zero-order chi connectivity index (χ0) is 7.14. The van der Waals surface area contributed by atoms with Crippen molar-refractivity contribution in [3.05, 3.63) is 23.3 Å². The fourth-order valence-electron chi connectivity index (χ4n) is 1.60. The van der Waals surface area contributed by atoms with Crippen LogP contribution in [0.2, 0.25) is 0 Å². The van der Waals surface area contributed by atoms with Crippen molar-refractivity contribution in [2.75, 3.05) is 0 Å². The second-order valence-corrected chi connectivity index (χ2v) is 3.81. The number of alkyl halides is 1. The van der Waals surface area contributed by atoms with Crippen molar-refractivity contribution in [3.63, 3.8) is 0 Å². The molecule has 0 radical (unpaired) electrons. The summed E-state index contributed by atoms with van der Waals surface area (Å²) in [6.07, 6.45) is 7.58. The molecule has 3 unspecified atom stereocenters. The molecule has 0 N–H and O–H groups in total. The number of allylic oxidation sites excluding steroid dienone is 4. The van der Waals surface area contributed by atoms with E-state index >= 15 is 0 Å². The van der Waals surface area contributed by atoms with Gasteiger partial charge in [0.1, 0.15) is 0 Å². The molecule has 0 saturated carbocycles. The van der Waals surface area contributed by atoms with Crippen LogP contribution in [0.5, 0.6) is 0 Å². The summed E-state index contributed by atoms with van der Waals surface area (Å²) in [5.74, 6) is 1.05. The van der Waals surface area contributed by atoms with Gasteiger partial charge in [-0.25, -0.2) is 0 Å². The molecule has 0 aromatic heterocycles. The molecule has 0 aromatic rings. The summed E-state index contributed by atoms with van der Waals surface area (Å²) in [4.78, 5) is 0. The van der Waals surface area contributed by atoms with Gasteiger partial charge in [0, 0.05) is 5.03 Å². The Morgan fingerprint density at radius 2 is 2.20 bits per heavy atom. The lowest BCUT2D eigenvalue weighted by Crippen LogP contribution is -2.16. The van der Waals surface area contributed by atoms with Crippen molar-refractivity contribution in [2.24, 2.45) is 11.8 Å². The molecule has 2 aliphatic carbocycles. The molecule has 0 nitrogen and oxygen atoms in total. The molecular weight excluding hydrogens is 167 g/mol. The lowest BCUT2D eigenvalue weighted by atomic mass is 9.94. The molecule has 54 valence electrons. The van der Waals surface area contributed by atoms with Crippen molar-refractivity contribution in [3.8, 4) is 0 Å². The quantitative estimate of drug-likeness (QED) is 0.392. The van der Waals surface area contributed by atoms with Crippen LogP contribution in [-0.2, 0) is 0 Å². The summed E-state index contributed by atoms with van der Waals surface area (Å²) in [6.45, 7) is 0. The van der Waals surface area contributed by atoms with Crippen LogP contribution in [0.4, 0.5) is 0 Å². The van der Waals surface area contributed by atoms with Crippen LogP contribution in [0.25, 0.3) is 0 Å². The standard InChI is InChI=1S/C8H8Cl2/c9-7-4-5-1-2-6(3-5)8(7)10/h1-2,4-6,8H,3H2. The number of hydrogen-bond donors (Lipinski definition) is 0. The van der Waals surface area contributed by atoms with E-state index in [1.807, 2.05) is 0 Å². The van der Waals surface area contributed by atoms with E-state index in [0.717, 1.165) is 11.5 Å². The summed E-state index contributed by atoms with van der Waals surface area (Å²) in [5, 5.41) is 0.865. The zero-order valence-electron chi connectivity index (χ0n) is 5.43. The number of rotatable bonds is 0. The third kappa shape index (κ3) is 0.906. The molecule has 3 atom stereocenters. The van der Waals surface area contributed by atoms with E-state index in [0.29, 0.717) is 11.8 Å². The molecule has 10 heavy (non-hydrogen) atoms. The van der Waals surface area contributed by atoms with Gasteiger partial charge in [-0.2, -0.15) is 0 Å². The molecule has 2 aliphatic rings. The number of hydrogen-bond acceptors (Lipinski definition) is 0. The van der Waals surface area contributed by atoms with Crippen molar-refractivity contribution in [2.45, 2.75) is 11.8 Å². The average molecular weight is 175 g/mol. The Morgan fingerprint density at radius 1 is 1.40 bits per heavy atom. The molecule has 2 heteroatoms. The van der Waals surface area contributed by atoms with Crippen molar-refractivity contribution in [1.29, 1.82) is 0 Å². The maximum Gasteiger partial charge on any atom is 0.0752 e. The summed E-state index contributed by atoms with van der Waals surface area (Å²) in [5.41, 5.74) is 0. The third-order valence-corrected chi connectivity index (χ3v) is 3.19. The van der Waals surface area contributed by atoms with Gasteiger partial charge in [-0.3, -0.25) is 0 Å². The van der Waals surface area contributed by atoms with Gasteiger partial charge >= 0.3 is 0 Å². The summed E-state index contributed by atoms with van der Waals surface area (Å²) in [6, 6.07) is 0. The van der Waals surface area contributed by atoms with Gasteiger partial charge in [-0.1, -0.05) is 29.8 Å². The van der Waals surface area contributed by atoms with Gasteiger partial charge in [0.05, 0.1) is 5.38 Å². The highest BCUT2D eigenvalue weighted by atomic mass is 35.5. The van der Waals surface area contributed by atoms with E-state index in [1.54, 1.807) is 0 Å². The topological polar surface area (TPSA) is 0 Å². The first-order valence-electron chi connectivity index (χ1n) is 3.47. The molecule has 2 bridgehead atoms. The Bertz CT molecular complexity index is 205. The highest BCUT2D eigenvalue weighted by Crippen LogP contribution is 2.39. The summed E-state index contributed by atoms with van der Waals surface area (Å²) < 4.78 is 0. The van der Waals surface area contributed by atoms with Crippen LogP contribution in [0.3, 0.4) is 0 Å². The predicted octanol–water partition coefficient (Wildman–Crippen LogP) is 2.92. The van der Waals surface area contributed by atoms with Crippen LogP contribution in [0.15, 0.2) is 23.3 Å². The van der Waals surface area contributed by atoms with E-state index in [1.165, 1.54) is 0 Å². The minimum atomic E-state index is 0.0386.